The van der Waals surface area contributed by atoms with Crippen molar-refractivity contribution >= 4 is 21.8 Å². The predicted molar refractivity (Wildman–Crippen MR) is 179 cm³/mol. The molecule has 1 aromatic carbocycles. The number of nitrogens with one attached hydrogen (secondary N) is 1. The van der Waals surface area contributed by atoms with Gasteiger partial charge in [-0.1, -0.05) is 32.6 Å². The van der Waals surface area contributed by atoms with Gasteiger partial charge in [0.15, 0.2) is 0 Å². The van der Waals surface area contributed by atoms with Crippen LogP contribution in [-0.4, -0.2) is 99.1 Å². The Balaban J connectivity index is 1.14. The quantitative estimate of drug-likeness (QED) is 0.394. The molecule has 12 heteroatoms. The minimum Gasteiger partial charge on any atom is -0.390 e. The Hall–Kier alpha value is -2.80. The SMILES string of the molecule is CCCCN1C(=O)[C@@H](CC2(O)CCCCC2)NC(=O)C12CCN(Cc1c(C)nn(-c3ccc(S(=O)(=O)N4CCCC4)cc3)c1C)CC2. The van der Waals surface area contributed by atoms with Crippen molar-refractivity contribution in [1.82, 2.24) is 29.2 Å². The highest BCUT2D eigenvalue weighted by atomic mass is 32.2. The second kappa shape index (κ2) is 13.6. The van der Waals surface area contributed by atoms with E-state index in [9.17, 15) is 23.1 Å². The van der Waals surface area contributed by atoms with Crippen molar-refractivity contribution in [3.63, 3.8) is 0 Å². The van der Waals surface area contributed by atoms with Crippen LogP contribution in [-0.2, 0) is 26.2 Å². The Morgan fingerprint density at radius 3 is 2.23 bits per heavy atom. The van der Waals surface area contributed by atoms with E-state index in [1.807, 2.05) is 35.6 Å². The molecule has 11 nitrogen and oxygen atoms in total. The maximum Gasteiger partial charge on any atom is 0.246 e. The number of aliphatic hydroxyl groups is 1. The average Bonchev–Trinajstić information content (AvgIpc) is 3.71. The number of carbonyl (C=O) groups excluding carboxylic acids is 2. The lowest BCUT2D eigenvalue weighted by Gasteiger charge is -2.52. The van der Waals surface area contributed by atoms with E-state index < -0.39 is 27.2 Å². The molecule has 2 amide bonds. The Morgan fingerprint density at radius 2 is 1.60 bits per heavy atom. The van der Waals surface area contributed by atoms with Crippen molar-refractivity contribution in [2.75, 3.05) is 32.7 Å². The number of hydrogen-bond acceptors (Lipinski definition) is 7. The first-order chi connectivity index (χ1) is 22.5. The predicted octanol–water partition coefficient (Wildman–Crippen LogP) is 3.82. The van der Waals surface area contributed by atoms with E-state index in [1.165, 1.54) is 0 Å². The highest BCUT2D eigenvalue weighted by molar-refractivity contribution is 7.89. The topological polar surface area (TPSA) is 128 Å². The van der Waals surface area contributed by atoms with Crippen molar-refractivity contribution in [2.24, 2.45) is 0 Å². The summed E-state index contributed by atoms with van der Waals surface area (Å²) in [7, 11) is -3.48. The van der Waals surface area contributed by atoms with Gasteiger partial charge in [-0.3, -0.25) is 14.5 Å². The molecule has 1 spiro atoms. The monoisotopic (exact) mass is 668 g/mol. The van der Waals surface area contributed by atoms with Gasteiger partial charge in [0.1, 0.15) is 11.6 Å². The summed E-state index contributed by atoms with van der Waals surface area (Å²) in [6.07, 6.45) is 9.37. The normalized spacial score (nSPS) is 23.8. The first-order valence-corrected chi connectivity index (χ1v) is 19.1. The highest BCUT2D eigenvalue weighted by Crippen LogP contribution is 2.38. The second-order valence-electron chi connectivity index (χ2n) is 14.3. The smallest absolute Gasteiger partial charge is 0.246 e. The Bertz CT molecular complexity index is 1550. The van der Waals surface area contributed by atoms with Crippen LogP contribution in [0.2, 0.25) is 0 Å². The molecule has 3 saturated heterocycles. The molecular weight excluding hydrogens is 616 g/mol. The van der Waals surface area contributed by atoms with Gasteiger partial charge < -0.3 is 15.3 Å². The van der Waals surface area contributed by atoms with Gasteiger partial charge in [-0.25, -0.2) is 13.1 Å². The lowest BCUT2D eigenvalue weighted by molar-refractivity contribution is -0.163. The zero-order valence-corrected chi connectivity index (χ0v) is 29.2. The molecule has 2 N–H and O–H groups in total. The van der Waals surface area contributed by atoms with Gasteiger partial charge in [0.25, 0.3) is 0 Å². The molecule has 47 heavy (non-hydrogen) atoms. The Morgan fingerprint density at radius 1 is 0.936 bits per heavy atom. The third-order valence-electron chi connectivity index (χ3n) is 11.2. The minimum absolute atomic E-state index is 0.0438. The van der Waals surface area contributed by atoms with Crippen LogP contribution in [0.1, 0.15) is 101 Å². The molecule has 258 valence electrons. The fourth-order valence-corrected chi connectivity index (χ4v) is 9.76. The van der Waals surface area contributed by atoms with E-state index in [4.69, 9.17) is 5.10 Å². The molecule has 6 rings (SSSR count). The fourth-order valence-electron chi connectivity index (χ4n) is 8.24. The molecule has 4 aliphatic rings. The molecule has 3 aliphatic heterocycles. The van der Waals surface area contributed by atoms with Crippen molar-refractivity contribution in [1.29, 1.82) is 0 Å². The van der Waals surface area contributed by atoms with Crippen molar-refractivity contribution in [3.8, 4) is 5.69 Å². The van der Waals surface area contributed by atoms with Crippen LogP contribution in [0.4, 0.5) is 0 Å². The fraction of sp³-hybridized carbons (Fsp3) is 0.686. The number of benzene rings is 1. The largest absolute Gasteiger partial charge is 0.390 e. The second-order valence-corrected chi connectivity index (χ2v) is 16.3. The number of sulfonamides is 1. The molecule has 0 radical (unpaired) electrons. The zero-order valence-electron chi connectivity index (χ0n) is 28.3. The number of unbranched alkanes of at least 4 members (excludes halogenated alkanes) is 1. The molecule has 2 aromatic rings. The number of amides is 2. The van der Waals surface area contributed by atoms with Crippen LogP contribution in [0.3, 0.4) is 0 Å². The maximum absolute atomic E-state index is 13.9. The van der Waals surface area contributed by atoms with E-state index in [0.717, 1.165) is 67.6 Å². The van der Waals surface area contributed by atoms with Gasteiger partial charge in [0.05, 0.1) is 21.9 Å². The van der Waals surface area contributed by atoms with Crippen LogP contribution in [0, 0.1) is 13.8 Å². The van der Waals surface area contributed by atoms with E-state index in [0.29, 0.717) is 76.3 Å². The molecule has 1 aliphatic carbocycles. The number of nitrogens with zero attached hydrogens (tertiary/aromatic N) is 5. The number of aryl methyl sites for hydroxylation is 1. The number of likely N-dealkylation sites (tertiary alicyclic amines) is 1. The number of hydrogen-bond donors (Lipinski definition) is 2. The third-order valence-corrected chi connectivity index (χ3v) is 13.1. The molecule has 1 atom stereocenters. The number of rotatable bonds is 10. The van der Waals surface area contributed by atoms with Gasteiger partial charge in [-0.05, 0) is 83.1 Å². The van der Waals surface area contributed by atoms with E-state index in [-0.39, 0.29) is 11.8 Å². The van der Waals surface area contributed by atoms with Gasteiger partial charge >= 0.3 is 0 Å². The van der Waals surface area contributed by atoms with Crippen LogP contribution < -0.4 is 5.32 Å². The lowest BCUT2D eigenvalue weighted by atomic mass is 9.77. The average molecular weight is 669 g/mol. The third kappa shape index (κ3) is 6.63. The summed E-state index contributed by atoms with van der Waals surface area (Å²) < 4.78 is 29.4. The summed E-state index contributed by atoms with van der Waals surface area (Å²) in [6, 6.07) is 6.31. The molecular formula is C35H52N6O5S. The highest BCUT2D eigenvalue weighted by Gasteiger charge is 2.54. The number of aromatic nitrogens is 2. The standard InChI is InChI=1S/C35H52N6O5S/c1-4-5-21-40-32(42)31(24-34(44)15-7-6-8-16-34)36-33(43)35(40)17-22-38(23-18-35)25-30-26(2)37-41(27(30)3)28-11-13-29(14-12-28)47(45,46)39-19-9-10-20-39/h11-14,31,44H,4-10,15-25H2,1-3H3,(H,36,43)/t31-/m1/s1. The summed E-state index contributed by atoms with van der Waals surface area (Å²) >= 11 is 0. The molecule has 1 saturated carbocycles. The molecule has 1 aromatic heterocycles. The molecule has 0 bridgehead atoms. The minimum atomic E-state index is -3.48. The van der Waals surface area contributed by atoms with Crippen LogP contribution in [0.25, 0.3) is 5.69 Å². The lowest BCUT2D eigenvalue weighted by Crippen LogP contribution is -2.73. The maximum atomic E-state index is 13.9. The Labute approximate surface area is 279 Å². The van der Waals surface area contributed by atoms with Crippen LogP contribution in [0.15, 0.2) is 29.2 Å². The van der Waals surface area contributed by atoms with E-state index in [2.05, 4.69) is 17.1 Å². The number of piperazine rings is 1. The summed E-state index contributed by atoms with van der Waals surface area (Å²) in [4.78, 5) is 32.3. The molecule has 4 heterocycles. The summed E-state index contributed by atoms with van der Waals surface area (Å²) in [5.41, 5.74) is 2.09. The summed E-state index contributed by atoms with van der Waals surface area (Å²) in [5, 5.41) is 19.1. The van der Waals surface area contributed by atoms with Crippen LogP contribution in [0.5, 0.6) is 0 Å². The Kier molecular flexibility index (Phi) is 9.86. The van der Waals surface area contributed by atoms with E-state index >= 15 is 0 Å². The number of piperidine rings is 1. The van der Waals surface area contributed by atoms with E-state index in [1.54, 1.807) is 16.4 Å². The van der Waals surface area contributed by atoms with Gasteiger partial charge in [-0.15, -0.1) is 0 Å². The van der Waals surface area contributed by atoms with Crippen molar-refractivity contribution in [3.05, 3.63) is 41.2 Å². The first kappa shape index (κ1) is 34.1. The van der Waals surface area contributed by atoms with Gasteiger partial charge in [-0.2, -0.15) is 9.40 Å². The van der Waals surface area contributed by atoms with Gasteiger partial charge in [0, 0.05) is 56.9 Å². The zero-order chi connectivity index (χ0) is 33.4. The first-order valence-electron chi connectivity index (χ1n) is 17.7. The van der Waals surface area contributed by atoms with Crippen molar-refractivity contribution in [2.45, 2.75) is 126 Å². The molecule has 0 unspecified atom stereocenters. The van der Waals surface area contributed by atoms with Gasteiger partial charge in [0.2, 0.25) is 21.8 Å². The number of carbonyl (C=O) groups is 2. The molecule has 4 fully saturated rings. The summed E-state index contributed by atoms with van der Waals surface area (Å²) in [5.74, 6) is -0.120. The van der Waals surface area contributed by atoms with Crippen LogP contribution >= 0.6 is 0 Å². The summed E-state index contributed by atoms with van der Waals surface area (Å²) in [6.45, 7) is 9.86. The van der Waals surface area contributed by atoms with Crippen molar-refractivity contribution < 1.29 is 23.1 Å².